The lowest BCUT2D eigenvalue weighted by Gasteiger charge is -2.14. The van der Waals surface area contributed by atoms with Gasteiger partial charge in [0.1, 0.15) is 5.82 Å². The summed E-state index contributed by atoms with van der Waals surface area (Å²) in [6.07, 6.45) is 0. The second kappa shape index (κ2) is 6.26. The fourth-order valence-electron chi connectivity index (χ4n) is 1.55. The standard InChI is InChI=1S/C13H10Cl2FN3S/c14-7-3-1-4-8(15)11(7)18-13(20)19-12-9(16)5-2-6-10(12)17/h1-6H,17H2,(H2,18,19,20). The van der Waals surface area contributed by atoms with Crippen molar-refractivity contribution in [2.45, 2.75) is 0 Å². The van der Waals surface area contributed by atoms with E-state index in [2.05, 4.69) is 10.6 Å². The van der Waals surface area contributed by atoms with Gasteiger partial charge in [0.15, 0.2) is 5.11 Å². The molecule has 0 atom stereocenters. The zero-order valence-electron chi connectivity index (χ0n) is 10.1. The molecule has 0 heterocycles. The fourth-order valence-corrected chi connectivity index (χ4v) is 2.24. The van der Waals surface area contributed by atoms with Gasteiger partial charge >= 0.3 is 0 Å². The van der Waals surface area contributed by atoms with Crippen LogP contribution < -0.4 is 16.4 Å². The molecular weight excluding hydrogens is 320 g/mol. The van der Waals surface area contributed by atoms with E-state index in [1.54, 1.807) is 24.3 Å². The molecule has 2 aromatic carbocycles. The Kier molecular flexibility index (Phi) is 4.65. The summed E-state index contributed by atoms with van der Waals surface area (Å²) in [6, 6.07) is 9.39. The maximum atomic E-state index is 13.6. The van der Waals surface area contributed by atoms with Gasteiger partial charge in [-0.2, -0.15) is 0 Å². The molecule has 0 bridgehead atoms. The molecule has 0 aliphatic rings. The summed E-state index contributed by atoms with van der Waals surface area (Å²) < 4.78 is 13.6. The Balaban J connectivity index is 2.18. The first kappa shape index (κ1) is 14.8. The van der Waals surface area contributed by atoms with Crippen molar-refractivity contribution in [2.75, 3.05) is 16.4 Å². The van der Waals surface area contributed by atoms with Crippen molar-refractivity contribution >= 4 is 57.6 Å². The smallest absolute Gasteiger partial charge is 0.175 e. The van der Waals surface area contributed by atoms with E-state index in [9.17, 15) is 4.39 Å². The molecule has 0 amide bonds. The van der Waals surface area contributed by atoms with Crippen molar-refractivity contribution in [2.24, 2.45) is 0 Å². The number of halogens is 3. The molecule has 0 saturated heterocycles. The summed E-state index contributed by atoms with van der Waals surface area (Å²) in [5.41, 5.74) is 6.48. The molecule has 0 unspecified atom stereocenters. The SMILES string of the molecule is Nc1cccc(F)c1NC(=S)Nc1c(Cl)cccc1Cl. The molecule has 2 rings (SSSR count). The molecular formula is C13H10Cl2FN3S. The summed E-state index contributed by atoms with van der Waals surface area (Å²) in [5.74, 6) is -0.501. The summed E-state index contributed by atoms with van der Waals surface area (Å²) in [6.45, 7) is 0. The van der Waals surface area contributed by atoms with Gasteiger partial charge in [-0.1, -0.05) is 35.3 Å². The predicted molar refractivity (Wildman–Crippen MR) is 87.1 cm³/mol. The first-order valence-corrected chi connectivity index (χ1v) is 6.71. The van der Waals surface area contributed by atoms with Gasteiger partial charge in [0.05, 0.1) is 27.1 Å². The van der Waals surface area contributed by atoms with Crippen LogP contribution in [0.15, 0.2) is 36.4 Å². The Hall–Kier alpha value is -1.56. The second-order valence-electron chi connectivity index (χ2n) is 3.88. The molecule has 2 aromatic rings. The van der Waals surface area contributed by atoms with E-state index < -0.39 is 5.82 Å². The van der Waals surface area contributed by atoms with Crippen molar-refractivity contribution < 1.29 is 4.39 Å². The Morgan fingerprint density at radius 1 is 1.00 bits per heavy atom. The normalized spacial score (nSPS) is 10.2. The lowest BCUT2D eigenvalue weighted by molar-refractivity contribution is 0.633. The number of benzene rings is 2. The number of thiocarbonyl (C=S) groups is 1. The van der Waals surface area contributed by atoms with Crippen LogP contribution in [0.25, 0.3) is 0 Å². The highest BCUT2D eigenvalue weighted by atomic mass is 35.5. The zero-order chi connectivity index (χ0) is 14.7. The first-order chi connectivity index (χ1) is 9.49. The minimum absolute atomic E-state index is 0.105. The highest BCUT2D eigenvalue weighted by molar-refractivity contribution is 7.80. The number of rotatable bonds is 2. The molecule has 3 nitrogen and oxygen atoms in total. The van der Waals surface area contributed by atoms with E-state index in [4.69, 9.17) is 41.2 Å². The van der Waals surface area contributed by atoms with Gasteiger partial charge in [-0.3, -0.25) is 0 Å². The molecule has 0 aliphatic carbocycles. The third-order valence-electron chi connectivity index (χ3n) is 2.49. The zero-order valence-corrected chi connectivity index (χ0v) is 12.4. The van der Waals surface area contributed by atoms with Crippen molar-refractivity contribution in [1.82, 2.24) is 0 Å². The molecule has 104 valence electrons. The van der Waals surface area contributed by atoms with Gasteiger partial charge < -0.3 is 16.4 Å². The van der Waals surface area contributed by atoms with Gasteiger partial charge in [-0.25, -0.2) is 4.39 Å². The minimum Gasteiger partial charge on any atom is -0.397 e. The Morgan fingerprint density at radius 3 is 2.15 bits per heavy atom. The summed E-state index contributed by atoms with van der Waals surface area (Å²) in [7, 11) is 0. The average molecular weight is 330 g/mol. The van der Waals surface area contributed by atoms with Crippen molar-refractivity contribution in [3.63, 3.8) is 0 Å². The van der Waals surface area contributed by atoms with Crippen LogP contribution in [0.4, 0.5) is 21.5 Å². The Morgan fingerprint density at radius 2 is 1.55 bits per heavy atom. The van der Waals surface area contributed by atoms with E-state index >= 15 is 0 Å². The number of nitrogens with two attached hydrogens (primary N) is 1. The van der Waals surface area contributed by atoms with Crippen LogP contribution in [0.2, 0.25) is 10.0 Å². The quantitative estimate of drug-likeness (QED) is 0.560. The molecule has 0 saturated carbocycles. The maximum absolute atomic E-state index is 13.6. The van der Waals surface area contributed by atoms with E-state index in [0.717, 1.165) is 0 Å². The van der Waals surface area contributed by atoms with E-state index in [1.807, 2.05) is 0 Å². The molecule has 0 radical (unpaired) electrons. The number of nitrogens with one attached hydrogen (secondary N) is 2. The van der Waals surface area contributed by atoms with E-state index in [1.165, 1.54) is 12.1 Å². The van der Waals surface area contributed by atoms with Crippen molar-refractivity contribution in [1.29, 1.82) is 0 Å². The molecule has 4 N–H and O–H groups in total. The third kappa shape index (κ3) is 3.30. The third-order valence-corrected chi connectivity index (χ3v) is 3.32. The summed E-state index contributed by atoms with van der Waals surface area (Å²) >= 11 is 17.1. The van der Waals surface area contributed by atoms with Crippen molar-refractivity contribution in [3.8, 4) is 0 Å². The van der Waals surface area contributed by atoms with Crippen LogP contribution in [-0.4, -0.2) is 5.11 Å². The van der Waals surface area contributed by atoms with Crippen LogP contribution >= 0.6 is 35.4 Å². The van der Waals surface area contributed by atoms with Gasteiger partial charge in [0.2, 0.25) is 0 Å². The number of para-hydroxylation sites is 2. The molecule has 0 aliphatic heterocycles. The lowest BCUT2D eigenvalue weighted by Crippen LogP contribution is -2.21. The maximum Gasteiger partial charge on any atom is 0.175 e. The minimum atomic E-state index is -0.501. The molecule has 0 spiro atoms. The number of anilines is 3. The van der Waals surface area contributed by atoms with Crippen LogP contribution in [0.1, 0.15) is 0 Å². The predicted octanol–water partition coefficient (Wildman–Crippen LogP) is 4.52. The van der Waals surface area contributed by atoms with Gasteiger partial charge in [-0.05, 0) is 36.5 Å². The number of nitrogen functional groups attached to an aromatic ring is 1. The second-order valence-corrected chi connectivity index (χ2v) is 5.10. The Bertz CT molecular complexity index is 568. The lowest BCUT2D eigenvalue weighted by atomic mass is 10.2. The van der Waals surface area contributed by atoms with E-state index in [0.29, 0.717) is 15.7 Å². The van der Waals surface area contributed by atoms with Gasteiger partial charge in [0, 0.05) is 0 Å². The van der Waals surface area contributed by atoms with Crippen molar-refractivity contribution in [3.05, 3.63) is 52.3 Å². The van der Waals surface area contributed by atoms with Crippen LogP contribution in [0.3, 0.4) is 0 Å². The van der Waals surface area contributed by atoms with Gasteiger partial charge in [-0.15, -0.1) is 0 Å². The highest BCUT2D eigenvalue weighted by Gasteiger charge is 2.10. The molecule has 20 heavy (non-hydrogen) atoms. The summed E-state index contributed by atoms with van der Waals surface area (Å²) in [4.78, 5) is 0. The van der Waals surface area contributed by atoms with E-state index in [-0.39, 0.29) is 16.5 Å². The van der Waals surface area contributed by atoms with Crippen LogP contribution in [-0.2, 0) is 0 Å². The molecule has 0 aromatic heterocycles. The highest BCUT2D eigenvalue weighted by Crippen LogP contribution is 2.30. The monoisotopic (exact) mass is 329 g/mol. The fraction of sp³-hybridized carbons (Fsp3) is 0. The number of hydrogen-bond donors (Lipinski definition) is 3. The summed E-state index contributed by atoms with van der Waals surface area (Å²) in [5, 5.41) is 6.45. The van der Waals surface area contributed by atoms with Crippen LogP contribution in [0.5, 0.6) is 0 Å². The average Bonchev–Trinajstić information content (AvgIpc) is 2.39. The number of hydrogen-bond acceptors (Lipinski definition) is 2. The van der Waals surface area contributed by atoms with Gasteiger partial charge in [0.25, 0.3) is 0 Å². The van der Waals surface area contributed by atoms with Crippen LogP contribution in [0, 0.1) is 5.82 Å². The Labute approximate surface area is 130 Å². The first-order valence-electron chi connectivity index (χ1n) is 5.55. The molecule has 0 fully saturated rings. The largest absolute Gasteiger partial charge is 0.397 e. The molecule has 7 heteroatoms. The topological polar surface area (TPSA) is 50.1 Å².